The summed E-state index contributed by atoms with van der Waals surface area (Å²) in [6, 6.07) is 14.0. The van der Waals surface area contributed by atoms with Crippen LogP contribution in [0.2, 0.25) is 5.02 Å². The van der Waals surface area contributed by atoms with Crippen LogP contribution in [0, 0.1) is 26.7 Å². The van der Waals surface area contributed by atoms with Crippen LogP contribution in [0.5, 0.6) is 0 Å². The SMILES string of the molecule is C#C.Cc1ccc(-c2cccnc2)cc1NSc1cc(C(=O)N2CCC2)cc(Cl)c1C. The first-order chi connectivity index (χ1) is 15.0. The highest BCUT2D eigenvalue weighted by molar-refractivity contribution is 8.00. The highest BCUT2D eigenvalue weighted by Gasteiger charge is 2.23. The molecule has 0 spiro atoms. The van der Waals surface area contributed by atoms with E-state index in [1.54, 1.807) is 12.3 Å². The van der Waals surface area contributed by atoms with Crippen molar-refractivity contribution in [2.75, 3.05) is 17.8 Å². The van der Waals surface area contributed by atoms with E-state index in [2.05, 4.69) is 47.7 Å². The van der Waals surface area contributed by atoms with Crippen molar-refractivity contribution in [3.05, 3.63) is 76.6 Å². The quantitative estimate of drug-likeness (QED) is 0.370. The predicted octanol–water partition coefficient (Wildman–Crippen LogP) is 6.23. The molecule has 31 heavy (non-hydrogen) atoms. The first kappa shape index (κ1) is 22.7. The van der Waals surface area contributed by atoms with Crippen molar-refractivity contribution in [3.63, 3.8) is 0 Å². The molecule has 3 aromatic rings. The van der Waals surface area contributed by atoms with Gasteiger partial charge >= 0.3 is 0 Å². The van der Waals surface area contributed by atoms with Crippen LogP contribution in [-0.2, 0) is 0 Å². The van der Waals surface area contributed by atoms with E-state index < -0.39 is 0 Å². The lowest BCUT2D eigenvalue weighted by atomic mass is 10.0. The van der Waals surface area contributed by atoms with E-state index in [4.69, 9.17) is 11.6 Å². The average molecular weight is 450 g/mol. The van der Waals surface area contributed by atoms with Gasteiger partial charge in [-0.25, -0.2) is 0 Å². The second-order valence-electron chi connectivity index (χ2n) is 7.20. The van der Waals surface area contributed by atoms with E-state index in [-0.39, 0.29) is 5.91 Å². The molecule has 158 valence electrons. The average Bonchev–Trinajstić information content (AvgIpc) is 2.76. The van der Waals surface area contributed by atoms with Gasteiger partial charge in [0.1, 0.15) is 0 Å². The zero-order valence-corrected chi connectivity index (χ0v) is 19.1. The third kappa shape index (κ3) is 5.22. The summed E-state index contributed by atoms with van der Waals surface area (Å²) in [5.74, 6) is 0.0507. The van der Waals surface area contributed by atoms with Gasteiger partial charge in [-0.05, 0) is 73.2 Å². The molecule has 1 aliphatic rings. The molecular weight excluding hydrogens is 426 g/mol. The van der Waals surface area contributed by atoms with Gasteiger partial charge in [0.25, 0.3) is 5.91 Å². The van der Waals surface area contributed by atoms with Crippen LogP contribution in [0.1, 0.15) is 27.9 Å². The molecule has 1 aliphatic heterocycles. The predicted molar refractivity (Wildman–Crippen MR) is 130 cm³/mol. The molecule has 1 aromatic heterocycles. The van der Waals surface area contributed by atoms with Crippen LogP contribution < -0.4 is 4.72 Å². The summed E-state index contributed by atoms with van der Waals surface area (Å²) >= 11 is 7.91. The van der Waals surface area contributed by atoms with Gasteiger partial charge in [0, 0.05) is 52.2 Å². The summed E-state index contributed by atoms with van der Waals surface area (Å²) in [4.78, 5) is 19.6. The minimum absolute atomic E-state index is 0.0507. The number of benzene rings is 2. The zero-order chi connectivity index (χ0) is 22.4. The van der Waals surface area contributed by atoms with Crippen LogP contribution in [-0.4, -0.2) is 28.9 Å². The Morgan fingerprint density at radius 2 is 1.90 bits per heavy atom. The smallest absolute Gasteiger partial charge is 0.253 e. The Morgan fingerprint density at radius 1 is 1.13 bits per heavy atom. The summed E-state index contributed by atoms with van der Waals surface area (Å²) in [5.41, 5.74) is 5.94. The number of terminal acetylenes is 1. The molecule has 4 rings (SSSR count). The van der Waals surface area contributed by atoms with Crippen LogP contribution >= 0.6 is 23.5 Å². The molecule has 1 saturated heterocycles. The third-order valence-electron chi connectivity index (χ3n) is 5.19. The van der Waals surface area contributed by atoms with Crippen LogP contribution in [0.3, 0.4) is 0 Å². The number of nitrogens with one attached hydrogen (secondary N) is 1. The molecule has 0 bridgehead atoms. The maximum absolute atomic E-state index is 12.6. The number of hydrogen-bond donors (Lipinski definition) is 1. The van der Waals surface area contributed by atoms with E-state index in [1.807, 2.05) is 36.2 Å². The molecule has 6 heteroatoms. The number of halogens is 1. The Labute approximate surface area is 193 Å². The van der Waals surface area contributed by atoms with E-state index in [0.29, 0.717) is 10.6 Å². The second kappa shape index (κ2) is 10.4. The van der Waals surface area contributed by atoms with Gasteiger partial charge in [-0.2, -0.15) is 0 Å². The molecule has 1 amide bonds. The van der Waals surface area contributed by atoms with Gasteiger partial charge in [-0.1, -0.05) is 29.8 Å². The Bertz CT molecular complexity index is 1090. The lowest BCUT2D eigenvalue weighted by molar-refractivity contribution is 0.0651. The van der Waals surface area contributed by atoms with Gasteiger partial charge in [-0.3, -0.25) is 9.78 Å². The van der Waals surface area contributed by atoms with Crippen molar-refractivity contribution in [1.29, 1.82) is 0 Å². The summed E-state index contributed by atoms with van der Waals surface area (Å²) in [6.07, 6.45) is 12.7. The number of amides is 1. The number of hydrogen-bond acceptors (Lipinski definition) is 4. The number of aromatic nitrogens is 1. The number of aryl methyl sites for hydroxylation is 1. The minimum atomic E-state index is 0.0507. The molecular formula is C25H24ClN3OS. The van der Waals surface area contributed by atoms with E-state index >= 15 is 0 Å². The van der Waals surface area contributed by atoms with E-state index in [1.165, 1.54) is 11.9 Å². The molecule has 1 fully saturated rings. The van der Waals surface area contributed by atoms with Crippen LogP contribution in [0.15, 0.2) is 59.8 Å². The number of carbonyl (C=O) groups is 1. The normalized spacial score (nSPS) is 12.4. The van der Waals surface area contributed by atoms with Crippen molar-refractivity contribution < 1.29 is 4.79 Å². The lowest BCUT2D eigenvalue weighted by Gasteiger charge is -2.31. The van der Waals surface area contributed by atoms with E-state index in [9.17, 15) is 4.79 Å². The van der Waals surface area contributed by atoms with Crippen molar-refractivity contribution >= 4 is 35.1 Å². The van der Waals surface area contributed by atoms with Crippen molar-refractivity contribution in [2.45, 2.75) is 25.2 Å². The fourth-order valence-electron chi connectivity index (χ4n) is 3.14. The molecule has 0 radical (unpaired) electrons. The van der Waals surface area contributed by atoms with Crippen molar-refractivity contribution in [3.8, 4) is 24.0 Å². The molecule has 0 unspecified atom stereocenters. The number of likely N-dealkylation sites (tertiary alicyclic amines) is 1. The highest BCUT2D eigenvalue weighted by atomic mass is 35.5. The Morgan fingerprint density at radius 3 is 2.55 bits per heavy atom. The summed E-state index contributed by atoms with van der Waals surface area (Å²) in [7, 11) is 0. The lowest BCUT2D eigenvalue weighted by Crippen LogP contribution is -2.42. The zero-order valence-electron chi connectivity index (χ0n) is 17.6. The molecule has 2 aromatic carbocycles. The van der Waals surface area contributed by atoms with Gasteiger partial charge in [0.2, 0.25) is 0 Å². The summed E-state index contributed by atoms with van der Waals surface area (Å²) in [6.45, 7) is 5.69. The molecule has 0 saturated carbocycles. The molecule has 2 heterocycles. The number of anilines is 1. The molecule has 0 atom stereocenters. The van der Waals surface area contributed by atoms with Gasteiger partial charge in [0.05, 0.1) is 0 Å². The summed E-state index contributed by atoms with van der Waals surface area (Å²) < 4.78 is 3.44. The van der Waals surface area contributed by atoms with Crippen molar-refractivity contribution in [2.24, 2.45) is 0 Å². The third-order valence-corrected chi connectivity index (χ3v) is 6.55. The largest absolute Gasteiger partial charge is 0.339 e. The first-order valence-electron chi connectivity index (χ1n) is 9.89. The Balaban J connectivity index is 0.00000132. The van der Waals surface area contributed by atoms with Crippen LogP contribution in [0.4, 0.5) is 5.69 Å². The number of rotatable bonds is 5. The fourth-order valence-corrected chi connectivity index (χ4v) is 4.30. The first-order valence-corrected chi connectivity index (χ1v) is 11.1. The Hall–Kier alpha value is -2.94. The molecule has 0 aliphatic carbocycles. The molecule has 1 N–H and O–H groups in total. The number of pyridine rings is 1. The van der Waals surface area contributed by atoms with Crippen molar-refractivity contribution in [1.82, 2.24) is 9.88 Å². The fraction of sp³-hybridized carbons (Fsp3) is 0.200. The van der Waals surface area contributed by atoms with Gasteiger partial charge < -0.3 is 9.62 Å². The minimum Gasteiger partial charge on any atom is -0.339 e. The van der Waals surface area contributed by atoms with Crippen LogP contribution in [0.25, 0.3) is 11.1 Å². The second-order valence-corrected chi connectivity index (χ2v) is 8.46. The van der Waals surface area contributed by atoms with Gasteiger partial charge in [0.15, 0.2) is 0 Å². The molecule has 4 nitrogen and oxygen atoms in total. The number of carbonyl (C=O) groups excluding carboxylic acids is 1. The standard InChI is InChI=1S/C23H22ClN3OS.C2H2/c1-15-6-7-17(18-5-3-8-25-14-18)12-21(15)26-29-22-13-19(11-20(24)16(22)2)23(28)27-9-4-10-27;1-2/h3,5-8,11-14,26H,4,9-10H2,1-2H3;1-2H. The number of nitrogens with zero attached hydrogens (tertiary/aromatic N) is 2. The monoisotopic (exact) mass is 449 g/mol. The Kier molecular flexibility index (Phi) is 7.62. The summed E-state index contributed by atoms with van der Waals surface area (Å²) in [5, 5.41) is 0.613. The van der Waals surface area contributed by atoms with Gasteiger partial charge in [-0.15, -0.1) is 12.8 Å². The topological polar surface area (TPSA) is 45.2 Å². The maximum Gasteiger partial charge on any atom is 0.253 e. The maximum atomic E-state index is 12.6. The highest BCUT2D eigenvalue weighted by Crippen LogP contribution is 2.33. The van der Waals surface area contributed by atoms with E-state index in [0.717, 1.165) is 52.3 Å².